The lowest BCUT2D eigenvalue weighted by Crippen LogP contribution is -2.36. The highest BCUT2D eigenvalue weighted by Gasteiger charge is 2.22. The predicted molar refractivity (Wildman–Crippen MR) is 83.8 cm³/mol. The molecule has 0 saturated heterocycles. The monoisotopic (exact) mass is 315 g/mol. The number of carbonyl (C=O) groups is 1. The van der Waals surface area contributed by atoms with Gasteiger partial charge in [0.05, 0.1) is 0 Å². The highest BCUT2D eigenvalue weighted by atomic mass is 19.1. The third-order valence-electron chi connectivity index (χ3n) is 3.87. The number of fused-ring (bicyclic) bond motifs is 1. The van der Waals surface area contributed by atoms with Gasteiger partial charge in [-0.05, 0) is 35.2 Å². The first kappa shape index (κ1) is 15.3. The maximum Gasteiger partial charge on any atom is 0.410 e. The Labute approximate surface area is 134 Å². The summed E-state index contributed by atoms with van der Waals surface area (Å²) >= 11 is 0. The molecule has 0 unspecified atom stereocenters. The molecule has 0 bridgehead atoms. The highest BCUT2D eigenvalue weighted by Crippen LogP contribution is 2.24. The molecule has 0 aromatic heterocycles. The number of hydrogen-bond acceptors (Lipinski definition) is 3. The van der Waals surface area contributed by atoms with Gasteiger partial charge in [0.2, 0.25) is 6.86 Å². The number of carbonyl (C=O) groups excluding carboxylic acids is 1. The van der Waals surface area contributed by atoms with Crippen LogP contribution < -0.4 is 4.74 Å². The zero-order chi connectivity index (χ0) is 16.1. The third kappa shape index (κ3) is 3.80. The minimum atomic E-state index is -0.860. The molecule has 2 aromatic rings. The molecule has 0 atom stereocenters. The van der Waals surface area contributed by atoms with Gasteiger partial charge in [-0.3, -0.25) is 0 Å². The van der Waals surface area contributed by atoms with E-state index in [-0.39, 0.29) is 12.7 Å². The molecule has 5 heteroatoms. The first-order valence-corrected chi connectivity index (χ1v) is 7.52. The van der Waals surface area contributed by atoms with Gasteiger partial charge in [-0.15, -0.1) is 0 Å². The Morgan fingerprint density at radius 1 is 1.13 bits per heavy atom. The Hall–Kier alpha value is -2.56. The van der Waals surface area contributed by atoms with Crippen molar-refractivity contribution >= 4 is 6.09 Å². The fourth-order valence-corrected chi connectivity index (χ4v) is 2.65. The summed E-state index contributed by atoms with van der Waals surface area (Å²) in [6, 6.07) is 15.0. The highest BCUT2D eigenvalue weighted by molar-refractivity contribution is 5.68. The number of nitrogens with zero attached hydrogens (tertiary/aromatic N) is 1. The van der Waals surface area contributed by atoms with E-state index in [9.17, 15) is 9.18 Å². The fourth-order valence-electron chi connectivity index (χ4n) is 2.65. The van der Waals surface area contributed by atoms with Gasteiger partial charge in [0, 0.05) is 13.1 Å². The van der Waals surface area contributed by atoms with Crippen LogP contribution in [0, 0.1) is 0 Å². The van der Waals surface area contributed by atoms with Crippen molar-refractivity contribution in [2.75, 3.05) is 13.4 Å². The van der Waals surface area contributed by atoms with Crippen molar-refractivity contribution in [3.63, 3.8) is 0 Å². The first-order valence-electron chi connectivity index (χ1n) is 7.52. The van der Waals surface area contributed by atoms with Crippen LogP contribution in [0.4, 0.5) is 9.18 Å². The van der Waals surface area contributed by atoms with Gasteiger partial charge in [-0.2, -0.15) is 0 Å². The van der Waals surface area contributed by atoms with Gasteiger partial charge in [0.25, 0.3) is 0 Å². The Kier molecular flexibility index (Phi) is 4.76. The van der Waals surface area contributed by atoms with Crippen LogP contribution in [0.3, 0.4) is 0 Å². The minimum absolute atomic E-state index is 0.258. The van der Waals surface area contributed by atoms with Crippen molar-refractivity contribution in [2.45, 2.75) is 19.6 Å². The van der Waals surface area contributed by atoms with E-state index < -0.39 is 6.86 Å². The maximum absolute atomic E-state index is 12.3. The van der Waals surface area contributed by atoms with Gasteiger partial charge < -0.3 is 14.4 Å². The van der Waals surface area contributed by atoms with Crippen LogP contribution in [0.5, 0.6) is 5.75 Å². The van der Waals surface area contributed by atoms with Crippen molar-refractivity contribution < 1.29 is 18.7 Å². The standard InChI is InChI=1S/C18H18FNO3/c19-13-23-17-7-6-15-8-9-20(11-16(15)10-17)18(21)22-12-14-4-2-1-3-5-14/h1-7,10H,8-9,11-13H2. The topological polar surface area (TPSA) is 38.8 Å². The molecule has 0 radical (unpaired) electrons. The number of rotatable bonds is 4. The van der Waals surface area contributed by atoms with Crippen LogP contribution >= 0.6 is 0 Å². The second-order valence-electron chi connectivity index (χ2n) is 5.40. The number of benzene rings is 2. The molecule has 1 aliphatic rings. The molecule has 0 saturated carbocycles. The Balaban J connectivity index is 1.61. The molecular weight excluding hydrogens is 297 g/mol. The van der Waals surface area contributed by atoms with Crippen LogP contribution in [0.1, 0.15) is 16.7 Å². The molecule has 0 spiro atoms. The molecule has 0 N–H and O–H groups in total. The number of hydrogen-bond donors (Lipinski definition) is 0. The molecule has 2 aromatic carbocycles. The van der Waals surface area contributed by atoms with E-state index in [0.717, 1.165) is 23.1 Å². The van der Waals surface area contributed by atoms with Crippen LogP contribution in [-0.2, 0) is 24.3 Å². The smallest absolute Gasteiger partial charge is 0.410 e. The molecule has 1 aliphatic heterocycles. The fraction of sp³-hybridized carbons (Fsp3) is 0.278. The second kappa shape index (κ2) is 7.13. The summed E-state index contributed by atoms with van der Waals surface area (Å²) in [4.78, 5) is 13.9. The summed E-state index contributed by atoms with van der Waals surface area (Å²) < 4.78 is 22.5. The number of alkyl halides is 1. The van der Waals surface area contributed by atoms with Crippen LogP contribution in [0.2, 0.25) is 0 Å². The molecule has 0 aliphatic carbocycles. The Morgan fingerprint density at radius 2 is 1.96 bits per heavy atom. The van der Waals surface area contributed by atoms with Gasteiger partial charge in [0.1, 0.15) is 12.4 Å². The molecule has 23 heavy (non-hydrogen) atoms. The van der Waals surface area contributed by atoms with Gasteiger partial charge >= 0.3 is 6.09 Å². The lowest BCUT2D eigenvalue weighted by atomic mass is 10.00. The SMILES string of the molecule is O=C(OCc1ccccc1)N1CCc2ccc(OCF)cc2C1. The number of halogens is 1. The lowest BCUT2D eigenvalue weighted by Gasteiger charge is -2.28. The molecule has 0 fully saturated rings. The second-order valence-corrected chi connectivity index (χ2v) is 5.40. The van der Waals surface area contributed by atoms with Gasteiger partial charge in [0.15, 0.2) is 0 Å². The Morgan fingerprint density at radius 3 is 2.74 bits per heavy atom. The van der Waals surface area contributed by atoms with Crippen LogP contribution in [-0.4, -0.2) is 24.4 Å². The molecule has 3 rings (SSSR count). The van der Waals surface area contributed by atoms with Crippen molar-refractivity contribution in [1.82, 2.24) is 4.90 Å². The zero-order valence-corrected chi connectivity index (χ0v) is 12.7. The summed E-state index contributed by atoms with van der Waals surface area (Å²) in [6.07, 6.45) is 0.419. The summed E-state index contributed by atoms with van der Waals surface area (Å²) in [5.41, 5.74) is 3.08. The van der Waals surface area contributed by atoms with E-state index >= 15 is 0 Å². The summed E-state index contributed by atoms with van der Waals surface area (Å²) in [7, 11) is 0. The number of amides is 1. The van der Waals surface area contributed by atoms with Gasteiger partial charge in [-0.1, -0.05) is 36.4 Å². The van der Waals surface area contributed by atoms with Crippen molar-refractivity contribution in [3.8, 4) is 5.75 Å². The normalized spacial score (nSPS) is 13.3. The predicted octanol–water partition coefficient (Wildman–Crippen LogP) is 3.69. The van der Waals surface area contributed by atoms with Crippen LogP contribution in [0.15, 0.2) is 48.5 Å². The summed E-state index contributed by atoms with van der Waals surface area (Å²) in [5, 5.41) is 0. The average molecular weight is 315 g/mol. The minimum Gasteiger partial charge on any atom is -0.463 e. The van der Waals surface area contributed by atoms with Gasteiger partial charge in [-0.25, -0.2) is 9.18 Å². The summed E-state index contributed by atoms with van der Waals surface area (Å²) in [5.74, 6) is 0.478. The van der Waals surface area contributed by atoms with Crippen molar-refractivity contribution in [3.05, 3.63) is 65.2 Å². The third-order valence-corrected chi connectivity index (χ3v) is 3.87. The largest absolute Gasteiger partial charge is 0.463 e. The average Bonchev–Trinajstić information content (AvgIpc) is 2.60. The quantitative estimate of drug-likeness (QED) is 0.864. The Bertz CT molecular complexity index is 675. The molecule has 4 nitrogen and oxygen atoms in total. The molecule has 1 amide bonds. The van der Waals surface area contributed by atoms with E-state index in [2.05, 4.69) is 0 Å². The number of ether oxygens (including phenoxy) is 2. The maximum atomic E-state index is 12.3. The van der Waals surface area contributed by atoms with E-state index in [1.165, 1.54) is 0 Å². The summed E-state index contributed by atoms with van der Waals surface area (Å²) in [6.45, 7) is 0.464. The molecule has 120 valence electrons. The van der Waals surface area contributed by atoms with E-state index in [4.69, 9.17) is 9.47 Å². The zero-order valence-electron chi connectivity index (χ0n) is 12.7. The van der Waals surface area contributed by atoms with E-state index in [0.29, 0.717) is 18.8 Å². The van der Waals surface area contributed by atoms with Crippen LogP contribution in [0.25, 0.3) is 0 Å². The molecular formula is C18H18FNO3. The van der Waals surface area contributed by atoms with E-state index in [1.54, 1.807) is 17.0 Å². The van der Waals surface area contributed by atoms with Crippen molar-refractivity contribution in [2.24, 2.45) is 0 Å². The molecule has 1 heterocycles. The first-order chi connectivity index (χ1) is 11.3. The van der Waals surface area contributed by atoms with Crippen molar-refractivity contribution in [1.29, 1.82) is 0 Å². The van der Waals surface area contributed by atoms with E-state index in [1.807, 2.05) is 36.4 Å². The lowest BCUT2D eigenvalue weighted by molar-refractivity contribution is 0.0917.